The Hall–Kier alpha value is -2.27. The fraction of sp³-hybridized carbons (Fsp3) is 0.350. The Morgan fingerprint density at radius 1 is 1.20 bits per heavy atom. The summed E-state index contributed by atoms with van der Waals surface area (Å²) in [7, 11) is 0. The number of H-pyrrole nitrogens is 1. The van der Waals surface area contributed by atoms with E-state index in [0.717, 1.165) is 23.9 Å². The number of rotatable bonds is 4. The highest BCUT2D eigenvalue weighted by molar-refractivity contribution is 5.85. The fourth-order valence-electron chi connectivity index (χ4n) is 3.71. The summed E-state index contributed by atoms with van der Waals surface area (Å²) in [6, 6.07) is 11.1. The van der Waals surface area contributed by atoms with Crippen molar-refractivity contribution in [1.82, 2.24) is 14.9 Å². The van der Waals surface area contributed by atoms with E-state index in [1.54, 1.807) is 0 Å². The highest BCUT2D eigenvalue weighted by atomic mass is 19.1. The van der Waals surface area contributed by atoms with Crippen LogP contribution in [0.25, 0.3) is 22.0 Å². The SMILES string of the molecule is CC1CCCN1CCc1cc2cc(-c3ccc(F)nc3F)ccc2[nH]1. The predicted molar refractivity (Wildman–Crippen MR) is 95.4 cm³/mol. The first-order valence-corrected chi connectivity index (χ1v) is 8.78. The Kier molecular flexibility index (Phi) is 4.25. The second-order valence-corrected chi connectivity index (χ2v) is 6.85. The molecular formula is C20H21F2N3. The molecule has 130 valence electrons. The standard InChI is InChI=1S/C20H21F2N3/c1-13-3-2-9-25(13)10-8-16-12-15-11-14(4-6-18(15)23-16)17-5-7-19(21)24-20(17)22/h4-7,11-13,23H,2-3,8-10H2,1H3. The average molecular weight is 341 g/mol. The Bertz CT molecular complexity index is 903. The lowest BCUT2D eigenvalue weighted by molar-refractivity contribution is 0.271. The highest BCUT2D eigenvalue weighted by Gasteiger charge is 2.19. The molecule has 0 aliphatic carbocycles. The zero-order valence-electron chi connectivity index (χ0n) is 14.2. The van der Waals surface area contributed by atoms with Gasteiger partial charge in [0.05, 0.1) is 0 Å². The predicted octanol–water partition coefficient (Wildman–Crippen LogP) is 4.53. The molecule has 0 spiro atoms. The lowest BCUT2D eigenvalue weighted by Gasteiger charge is -2.20. The number of likely N-dealkylation sites (tertiary alicyclic amines) is 1. The molecule has 25 heavy (non-hydrogen) atoms. The van der Waals surface area contributed by atoms with Gasteiger partial charge in [0.15, 0.2) is 0 Å². The van der Waals surface area contributed by atoms with Crippen LogP contribution in [0.2, 0.25) is 0 Å². The molecule has 1 atom stereocenters. The summed E-state index contributed by atoms with van der Waals surface area (Å²) in [5.41, 5.74) is 3.24. The number of aromatic nitrogens is 2. The normalized spacial score (nSPS) is 18.3. The van der Waals surface area contributed by atoms with Gasteiger partial charge in [-0.3, -0.25) is 0 Å². The van der Waals surface area contributed by atoms with E-state index in [-0.39, 0.29) is 0 Å². The van der Waals surface area contributed by atoms with Gasteiger partial charge in [-0.1, -0.05) is 6.07 Å². The zero-order chi connectivity index (χ0) is 17.4. The van der Waals surface area contributed by atoms with Crippen molar-refractivity contribution >= 4 is 10.9 Å². The summed E-state index contributed by atoms with van der Waals surface area (Å²) in [4.78, 5) is 9.23. The van der Waals surface area contributed by atoms with Crippen LogP contribution >= 0.6 is 0 Å². The molecule has 3 heterocycles. The number of benzene rings is 1. The minimum Gasteiger partial charge on any atom is -0.358 e. The fourth-order valence-corrected chi connectivity index (χ4v) is 3.71. The van der Waals surface area contributed by atoms with E-state index in [0.29, 0.717) is 17.2 Å². The average Bonchev–Trinajstić information content (AvgIpc) is 3.17. The summed E-state index contributed by atoms with van der Waals surface area (Å²) in [5.74, 6) is -1.58. The maximum atomic E-state index is 13.9. The summed E-state index contributed by atoms with van der Waals surface area (Å²) in [5, 5.41) is 1.03. The van der Waals surface area contributed by atoms with Gasteiger partial charge in [0.1, 0.15) is 0 Å². The van der Waals surface area contributed by atoms with Gasteiger partial charge >= 0.3 is 0 Å². The van der Waals surface area contributed by atoms with Crippen molar-refractivity contribution in [1.29, 1.82) is 0 Å². The van der Waals surface area contributed by atoms with Gasteiger partial charge < -0.3 is 9.88 Å². The summed E-state index contributed by atoms with van der Waals surface area (Å²) in [6.45, 7) is 4.52. The van der Waals surface area contributed by atoms with Crippen LogP contribution in [0.5, 0.6) is 0 Å². The molecule has 3 nitrogen and oxygen atoms in total. The topological polar surface area (TPSA) is 31.9 Å². The maximum absolute atomic E-state index is 13.9. The highest BCUT2D eigenvalue weighted by Crippen LogP contribution is 2.27. The number of hydrogen-bond donors (Lipinski definition) is 1. The second-order valence-electron chi connectivity index (χ2n) is 6.85. The molecule has 1 aliphatic heterocycles. The van der Waals surface area contributed by atoms with Crippen molar-refractivity contribution in [2.75, 3.05) is 13.1 Å². The zero-order valence-corrected chi connectivity index (χ0v) is 14.2. The number of nitrogens with zero attached hydrogens (tertiary/aromatic N) is 2. The van der Waals surface area contributed by atoms with E-state index in [2.05, 4.69) is 27.9 Å². The Labute approximate surface area is 145 Å². The Balaban J connectivity index is 1.56. The minimum atomic E-state index is -0.803. The number of fused-ring (bicyclic) bond motifs is 1. The van der Waals surface area contributed by atoms with E-state index in [1.165, 1.54) is 37.2 Å². The molecule has 0 amide bonds. The smallest absolute Gasteiger partial charge is 0.223 e. The van der Waals surface area contributed by atoms with Gasteiger partial charge in [0.25, 0.3) is 0 Å². The number of pyridine rings is 1. The molecule has 2 aromatic heterocycles. The van der Waals surface area contributed by atoms with Crippen LogP contribution in [0.3, 0.4) is 0 Å². The van der Waals surface area contributed by atoms with Crippen molar-refractivity contribution in [3.05, 3.63) is 54.0 Å². The molecule has 1 aromatic carbocycles. The van der Waals surface area contributed by atoms with Gasteiger partial charge in [0.2, 0.25) is 11.9 Å². The molecule has 1 unspecified atom stereocenters. The lowest BCUT2D eigenvalue weighted by Crippen LogP contribution is -2.29. The molecule has 1 saturated heterocycles. The third-order valence-electron chi connectivity index (χ3n) is 5.16. The minimum absolute atomic E-state index is 0.317. The maximum Gasteiger partial charge on any atom is 0.223 e. The largest absolute Gasteiger partial charge is 0.358 e. The van der Waals surface area contributed by atoms with E-state index in [4.69, 9.17) is 0 Å². The van der Waals surface area contributed by atoms with Crippen LogP contribution in [-0.2, 0) is 6.42 Å². The first kappa shape index (κ1) is 16.2. The monoisotopic (exact) mass is 341 g/mol. The summed E-state index contributed by atoms with van der Waals surface area (Å²) >= 11 is 0. The number of halogens is 2. The van der Waals surface area contributed by atoms with Crippen LogP contribution in [-0.4, -0.2) is 34.0 Å². The molecule has 4 rings (SSSR count). The molecule has 0 bridgehead atoms. The van der Waals surface area contributed by atoms with Crippen molar-refractivity contribution in [3.8, 4) is 11.1 Å². The number of nitrogens with one attached hydrogen (secondary N) is 1. The van der Waals surface area contributed by atoms with Crippen LogP contribution in [0.4, 0.5) is 8.78 Å². The Morgan fingerprint density at radius 3 is 2.84 bits per heavy atom. The van der Waals surface area contributed by atoms with Gasteiger partial charge in [-0.05, 0) is 62.2 Å². The molecule has 3 aromatic rings. The quantitative estimate of drug-likeness (QED) is 0.707. The third-order valence-corrected chi connectivity index (χ3v) is 5.16. The summed E-state index contributed by atoms with van der Waals surface area (Å²) < 4.78 is 26.9. The van der Waals surface area contributed by atoms with E-state index in [9.17, 15) is 8.78 Å². The van der Waals surface area contributed by atoms with Gasteiger partial charge in [-0.15, -0.1) is 0 Å². The van der Waals surface area contributed by atoms with Crippen molar-refractivity contribution < 1.29 is 8.78 Å². The molecule has 1 fully saturated rings. The summed E-state index contributed by atoms with van der Waals surface area (Å²) in [6.07, 6.45) is 3.54. The van der Waals surface area contributed by atoms with E-state index >= 15 is 0 Å². The third kappa shape index (κ3) is 3.29. The van der Waals surface area contributed by atoms with Crippen molar-refractivity contribution in [3.63, 3.8) is 0 Å². The lowest BCUT2D eigenvalue weighted by atomic mass is 10.1. The van der Waals surface area contributed by atoms with Gasteiger partial charge in [0, 0.05) is 41.2 Å². The second kappa shape index (κ2) is 6.56. The first-order chi connectivity index (χ1) is 12.1. The molecule has 1 N–H and O–H groups in total. The first-order valence-electron chi connectivity index (χ1n) is 8.78. The van der Waals surface area contributed by atoms with Crippen molar-refractivity contribution in [2.24, 2.45) is 0 Å². The van der Waals surface area contributed by atoms with E-state index < -0.39 is 11.9 Å². The molecule has 5 heteroatoms. The van der Waals surface area contributed by atoms with Crippen LogP contribution in [0.15, 0.2) is 36.4 Å². The molecule has 0 radical (unpaired) electrons. The molecule has 1 aliphatic rings. The number of hydrogen-bond acceptors (Lipinski definition) is 2. The van der Waals surface area contributed by atoms with Gasteiger partial charge in [-0.25, -0.2) is 0 Å². The number of aromatic amines is 1. The van der Waals surface area contributed by atoms with Crippen molar-refractivity contribution in [2.45, 2.75) is 32.2 Å². The van der Waals surface area contributed by atoms with E-state index in [1.807, 2.05) is 18.2 Å². The molecular weight excluding hydrogens is 320 g/mol. The molecule has 0 saturated carbocycles. The van der Waals surface area contributed by atoms with Crippen LogP contribution in [0.1, 0.15) is 25.5 Å². The Morgan fingerprint density at radius 2 is 2.08 bits per heavy atom. The van der Waals surface area contributed by atoms with Gasteiger partial charge in [-0.2, -0.15) is 13.8 Å². The van der Waals surface area contributed by atoms with Crippen LogP contribution < -0.4 is 0 Å². The van der Waals surface area contributed by atoms with Crippen LogP contribution in [0, 0.1) is 11.9 Å².